The number of carbonyl (C=O) groups excluding carboxylic acids is 1. The second-order valence-electron chi connectivity index (χ2n) is 7.11. The highest BCUT2D eigenvalue weighted by Crippen LogP contribution is 2.36. The van der Waals surface area contributed by atoms with Crippen molar-refractivity contribution in [3.63, 3.8) is 0 Å². The maximum Gasteiger partial charge on any atom is 0.416 e. The molecule has 0 atom stereocenters. The normalized spacial score (nSPS) is 16.2. The monoisotopic (exact) mass is 344 g/mol. The first-order valence-corrected chi connectivity index (χ1v) is 7.90. The molecule has 4 nitrogen and oxygen atoms in total. The van der Waals surface area contributed by atoms with E-state index in [4.69, 9.17) is 4.74 Å². The van der Waals surface area contributed by atoms with Crippen molar-refractivity contribution >= 4 is 17.3 Å². The zero-order chi connectivity index (χ0) is 18.0. The van der Waals surface area contributed by atoms with Gasteiger partial charge in [-0.15, -0.1) is 0 Å². The van der Waals surface area contributed by atoms with Crippen LogP contribution in [0.15, 0.2) is 18.2 Å². The van der Waals surface area contributed by atoms with Gasteiger partial charge in [-0.1, -0.05) is 20.8 Å². The Labute approximate surface area is 140 Å². The third-order valence-corrected chi connectivity index (χ3v) is 3.64. The van der Waals surface area contributed by atoms with E-state index in [2.05, 4.69) is 5.32 Å². The smallest absolute Gasteiger partial charge is 0.378 e. The van der Waals surface area contributed by atoms with Crippen LogP contribution >= 0.6 is 0 Å². The van der Waals surface area contributed by atoms with Gasteiger partial charge < -0.3 is 15.0 Å². The molecular weight excluding hydrogens is 321 g/mol. The Kier molecular flexibility index (Phi) is 5.42. The zero-order valence-corrected chi connectivity index (χ0v) is 14.2. The molecule has 1 aromatic rings. The fourth-order valence-corrected chi connectivity index (χ4v) is 2.57. The number of hydrogen-bond acceptors (Lipinski definition) is 3. The molecule has 24 heavy (non-hydrogen) atoms. The van der Waals surface area contributed by atoms with Gasteiger partial charge in [-0.25, -0.2) is 0 Å². The van der Waals surface area contributed by atoms with Crippen molar-refractivity contribution in [3.05, 3.63) is 23.8 Å². The van der Waals surface area contributed by atoms with Crippen LogP contribution in [-0.2, 0) is 15.7 Å². The molecule has 1 aliphatic heterocycles. The van der Waals surface area contributed by atoms with Crippen LogP contribution in [0, 0.1) is 5.41 Å². The zero-order valence-electron chi connectivity index (χ0n) is 14.2. The molecule has 0 unspecified atom stereocenters. The number of ether oxygens (including phenoxy) is 1. The van der Waals surface area contributed by atoms with Crippen LogP contribution in [-0.4, -0.2) is 32.2 Å². The lowest BCUT2D eigenvalue weighted by Crippen LogP contribution is -2.37. The van der Waals surface area contributed by atoms with E-state index in [1.54, 1.807) is 0 Å². The van der Waals surface area contributed by atoms with Crippen LogP contribution in [0.2, 0.25) is 0 Å². The minimum Gasteiger partial charge on any atom is -0.378 e. The molecule has 1 N–H and O–H groups in total. The number of nitrogens with zero attached hydrogens (tertiary/aromatic N) is 1. The Morgan fingerprint density at radius 1 is 1.21 bits per heavy atom. The topological polar surface area (TPSA) is 41.6 Å². The molecule has 0 aliphatic carbocycles. The number of amides is 1. The van der Waals surface area contributed by atoms with E-state index in [1.807, 2.05) is 25.7 Å². The Morgan fingerprint density at radius 3 is 2.38 bits per heavy atom. The van der Waals surface area contributed by atoms with E-state index in [0.29, 0.717) is 32.0 Å². The lowest BCUT2D eigenvalue weighted by molar-refractivity contribution is -0.137. The number of benzene rings is 1. The molecule has 1 saturated heterocycles. The van der Waals surface area contributed by atoms with Crippen LogP contribution in [0.5, 0.6) is 0 Å². The predicted molar refractivity (Wildman–Crippen MR) is 87.2 cm³/mol. The van der Waals surface area contributed by atoms with Crippen LogP contribution in [0.1, 0.15) is 32.8 Å². The van der Waals surface area contributed by atoms with Crippen molar-refractivity contribution in [2.75, 3.05) is 36.5 Å². The number of rotatable bonds is 3. The summed E-state index contributed by atoms with van der Waals surface area (Å²) in [6.07, 6.45) is -4.22. The number of nitrogens with one attached hydrogen (secondary N) is 1. The molecule has 0 radical (unpaired) electrons. The van der Waals surface area contributed by atoms with Crippen molar-refractivity contribution in [2.45, 2.75) is 33.4 Å². The SMILES string of the molecule is CC(C)(C)CC(=O)Nc1cc(C(F)(F)F)ccc1N1CCOCC1. The summed E-state index contributed by atoms with van der Waals surface area (Å²) in [6, 6.07) is 3.47. The molecular formula is C17H23F3N2O2. The minimum atomic E-state index is -4.45. The fraction of sp³-hybridized carbons (Fsp3) is 0.588. The summed E-state index contributed by atoms with van der Waals surface area (Å²) >= 11 is 0. The molecule has 1 heterocycles. The summed E-state index contributed by atoms with van der Waals surface area (Å²) in [5, 5.41) is 2.66. The highest BCUT2D eigenvalue weighted by Gasteiger charge is 2.32. The van der Waals surface area contributed by atoms with E-state index < -0.39 is 11.7 Å². The van der Waals surface area contributed by atoms with E-state index in [1.165, 1.54) is 6.07 Å². The van der Waals surface area contributed by atoms with Gasteiger partial charge in [0, 0.05) is 19.5 Å². The van der Waals surface area contributed by atoms with E-state index >= 15 is 0 Å². The highest BCUT2D eigenvalue weighted by atomic mass is 19.4. The number of halogens is 3. The minimum absolute atomic E-state index is 0.195. The average molecular weight is 344 g/mol. The average Bonchev–Trinajstić information content (AvgIpc) is 2.45. The lowest BCUT2D eigenvalue weighted by atomic mass is 9.92. The molecule has 1 aromatic carbocycles. The van der Waals surface area contributed by atoms with Gasteiger partial charge in [0.25, 0.3) is 0 Å². The maximum absolute atomic E-state index is 13.0. The first-order valence-electron chi connectivity index (χ1n) is 7.90. The third-order valence-electron chi connectivity index (χ3n) is 3.64. The Balaban J connectivity index is 2.30. The lowest BCUT2D eigenvalue weighted by Gasteiger charge is -2.31. The standard InChI is InChI=1S/C17H23F3N2O2/c1-16(2,3)11-15(23)21-13-10-12(17(18,19)20)4-5-14(13)22-6-8-24-9-7-22/h4-5,10H,6-9,11H2,1-3H3,(H,21,23). The second kappa shape index (κ2) is 7.01. The first kappa shape index (κ1) is 18.6. The number of anilines is 2. The molecule has 0 aromatic heterocycles. The summed E-state index contributed by atoms with van der Waals surface area (Å²) in [6.45, 7) is 7.89. The van der Waals surface area contributed by atoms with Crippen LogP contribution in [0.25, 0.3) is 0 Å². The van der Waals surface area contributed by atoms with Crippen molar-refractivity contribution in [1.82, 2.24) is 0 Å². The van der Waals surface area contributed by atoms with Gasteiger partial charge in [-0.05, 0) is 23.6 Å². The van der Waals surface area contributed by atoms with Gasteiger partial charge in [-0.3, -0.25) is 4.79 Å². The fourth-order valence-electron chi connectivity index (χ4n) is 2.57. The van der Waals surface area contributed by atoms with Crippen LogP contribution in [0.3, 0.4) is 0 Å². The largest absolute Gasteiger partial charge is 0.416 e. The Hall–Kier alpha value is -1.76. The summed E-state index contributed by atoms with van der Waals surface area (Å²) in [5.74, 6) is -0.295. The van der Waals surface area contributed by atoms with Gasteiger partial charge in [-0.2, -0.15) is 13.2 Å². The number of hydrogen-bond donors (Lipinski definition) is 1. The van der Waals surface area contributed by atoms with Crippen molar-refractivity contribution < 1.29 is 22.7 Å². The molecule has 7 heteroatoms. The number of carbonyl (C=O) groups is 1. The molecule has 0 spiro atoms. The van der Waals surface area contributed by atoms with Gasteiger partial charge in [0.2, 0.25) is 5.91 Å². The summed E-state index contributed by atoms with van der Waals surface area (Å²) in [5.41, 5.74) is -0.231. The molecule has 1 aliphatic rings. The van der Waals surface area contributed by atoms with Gasteiger partial charge in [0.05, 0.1) is 30.2 Å². The number of morpholine rings is 1. The molecule has 0 saturated carbocycles. The van der Waals surface area contributed by atoms with Gasteiger partial charge in [0.15, 0.2) is 0 Å². The van der Waals surface area contributed by atoms with Gasteiger partial charge >= 0.3 is 6.18 Å². The van der Waals surface area contributed by atoms with E-state index in [0.717, 1.165) is 12.1 Å². The van der Waals surface area contributed by atoms with Crippen molar-refractivity contribution in [1.29, 1.82) is 0 Å². The molecule has 0 bridgehead atoms. The third kappa shape index (κ3) is 5.12. The quantitative estimate of drug-likeness (QED) is 0.904. The van der Waals surface area contributed by atoms with Crippen LogP contribution < -0.4 is 10.2 Å². The molecule has 134 valence electrons. The Bertz CT molecular complexity index is 588. The number of alkyl halides is 3. The molecule has 1 amide bonds. The van der Waals surface area contributed by atoms with E-state index in [9.17, 15) is 18.0 Å². The summed E-state index contributed by atoms with van der Waals surface area (Å²) < 4.78 is 44.3. The molecule has 1 fully saturated rings. The van der Waals surface area contributed by atoms with Crippen LogP contribution in [0.4, 0.5) is 24.5 Å². The van der Waals surface area contributed by atoms with Gasteiger partial charge in [0.1, 0.15) is 0 Å². The first-order chi connectivity index (χ1) is 11.1. The molecule has 2 rings (SSSR count). The van der Waals surface area contributed by atoms with Crippen molar-refractivity contribution in [3.8, 4) is 0 Å². The summed E-state index contributed by atoms with van der Waals surface area (Å²) in [4.78, 5) is 14.1. The van der Waals surface area contributed by atoms with Crippen molar-refractivity contribution in [2.24, 2.45) is 5.41 Å². The van der Waals surface area contributed by atoms with E-state index in [-0.39, 0.29) is 23.4 Å². The predicted octanol–water partition coefficient (Wildman–Crippen LogP) is 3.92. The maximum atomic E-state index is 13.0. The highest BCUT2D eigenvalue weighted by molar-refractivity contribution is 5.95. The second-order valence-corrected chi connectivity index (χ2v) is 7.11. The summed E-state index contributed by atoms with van der Waals surface area (Å²) in [7, 11) is 0. The Morgan fingerprint density at radius 2 is 1.83 bits per heavy atom.